The van der Waals surface area contributed by atoms with Crippen molar-refractivity contribution < 1.29 is 9.59 Å². The monoisotopic (exact) mass is 431 g/mol. The Hall–Kier alpha value is -1.82. The Balaban J connectivity index is 1.44. The summed E-state index contributed by atoms with van der Waals surface area (Å²) in [5, 5.41) is 1.21. The average Bonchev–Trinajstić information content (AvgIpc) is 3.07. The summed E-state index contributed by atoms with van der Waals surface area (Å²) in [5.41, 5.74) is 3.63. The maximum Gasteiger partial charge on any atom is 0.226 e. The molecule has 1 aromatic carbocycles. The lowest BCUT2D eigenvalue weighted by Crippen LogP contribution is -2.45. The van der Waals surface area contributed by atoms with Crippen molar-refractivity contribution in [3.8, 4) is 0 Å². The molecule has 0 unspecified atom stereocenters. The molecule has 1 aromatic heterocycles. The molecule has 0 spiro atoms. The Morgan fingerprint density at radius 3 is 2.70 bits per heavy atom. The molecule has 2 aliphatic heterocycles. The van der Waals surface area contributed by atoms with Crippen LogP contribution < -0.4 is 0 Å². The predicted molar refractivity (Wildman–Crippen MR) is 109 cm³/mol. The van der Waals surface area contributed by atoms with Gasteiger partial charge in [0.15, 0.2) is 0 Å². The van der Waals surface area contributed by atoms with E-state index < -0.39 is 0 Å². The third kappa shape index (κ3) is 3.51. The SMILES string of the molecule is CCCC(=O)N1CCC(C(=O)N2CCc3[nH]c4c(Br)cccc4c3C2)CC1. The smallest absolute Gasteiger partial charge is 0.226 e. The standard InChI is InChI=1S/C21H26BrN3O2/c1-2-4-19(26)24-10-7-14(8-11-24)21(27)25-12-9-18-16(13-25)15-5-3-6-17(22)20(15)23-18/h3,5-6,14,23H,2,4,7-13H2,1H3. The number of para-hydroxylation sites is 1. The Bertz CT molecular complexity index is 868. The fourth-order valence-corrected chi connectivity index (χ4v) is 4.86. The van der Waals surface area contributed by atoms with Crippen LogP contribution in [0.3, 0.4) is 0 Å². The van der Waals surface area contributed by atoms with E-state index in [1.807, 2.05) is 28.9 Å². The summed E-state index contributed by atoms with van der Waals surface area (Å²) in [6, 6.07) is 6.21. The molecule has 0 saturated carbocycles. The molecule has 0 radical (unpaired) electrons. The number of aromatic nitrogens is 1. The van der Waals surface area contributed by atoms with Crippen molar-refractivity contribution in [2.45, 2.75) is 45.6 Å². The minimum atomic E-state index is 0.0502. The molecule has 1 fully saturated rings. The number of amides is 2. The van der Waals surface area contributed by atoms with Crippen LogP contribution in [0.25, 0.3) is 10.9 Å². The Labute approximate surface area is 168 Å². The van der Waals surface area contributed by atoms with Crippen LogP contribution in [-0.4, -0.2) is 46.2 Å². The molecule has 6 heteroatoms. The van der Waals surface area contributed by atoms with E-state index in [1.54, 1.807) is 0 Å². The molecule has 1 N–H and O–H groups in total. The maximum absolute atomic E-state index is 13.1. The number of H-pyrrole nitrogens is 1. The van der Waals surface area contributed by atoms with Crippen molar-refractivity contribution in [3.05, 3.63) is 33.9 Å². The molecular weight excluding hydrogens is 406 g/mol. The van der Waals surface area contributed by atoms with Crippen molar-refractivity contribution in [2.75, 3.05) is 19.6 Å². The molecule has 2 amide bonds. The summed E-state index contributed by atoms with van der Waals surface area (Å²) in [4.78, 5) is 32.6. The van der Waals surface area contributed by atoms with Crippen LogP contribution in [0.15, 0.2) is 22.7 Å². The van der Waals surface area contributed by atoms with Gasteiger partial charge >= 0.3 is 0 Å². The number of nitrogens with zero attached hydrogens (tertiary/aromatic N) is 2. The van der Waals surface area contributed by atoms with Crippen molar-refractivity contribution in [1.29, 1.82) is 0 Å². The number of hydrogen-bond acceptors (Lipinski definition) is 2. The largest absolute Gasteiger partial charge is 0.357 e. The van der Waals surface area contributed by atoms with E-state index in [2.05, 4.69) is 27.0 Å². The van der Waals surface area contributed by atoms with Crippen molar-refractivity contribution in [2.24, 2.45) is 5.92 Å². The first-order valence-electron chi connectivity index (χ1n) is 9.93. The predicted octanol–water partition coefficient (Wildman–Crippen LogP) is 3.85. The molecule has 0 aliphatic carbocycles. The van der Waals surface area contributed by atoms with Gasteiger partial charge in [0.25, 0.3) is 0 Å². The molecule has 4 rings (SSSR count). The van der Waals surface area contributed by atoms with Crippen molar-refractivity contribution in [1.82, 2.24) is 14.8 Å². The average molecular weight is 432 g/mol. The summed E-state index contributed by atoms with van der Waals surface area (Å²) in [5.74, 6) is 0.539. The van der Waals surface area contributed by atoms with Gasteiger partial charge in [-0.1, -0.05) is 19.1 Å². The summed E-state index contributed by atoms with van der Waals surface area (Å²) < 4.78 is 1.07. The fourth-order valence-electron chi connectivity index (χ4n) is 4.40. The van der Waals surface area contributed by atoms with Gasteiger partial charge in [-0.05, 0) is 41.3 Å². The summed E-state index contributed by atoms with van der Waals surface area (Å²) in [6.07, 6.45) is 3.95. The fraction of sp³-hybridized carbons (Fsp3) is 0.524. The second-order valence-corrected chi connectivity index (χ2v) is 8.51. The van der Waals surface area contributed by atoms with Crippen LogP contribution in [0.4, 0.5) is 0 Å². The van der Waals surface area contributed by atoms with Crippen LogP contribution >= 0.6 is 15.9 Å². The lowest BCUT2D eigenvalue weighted by Gasteiger charge is -2.35. The number of likely N-dealkylation sites (tertiary alicyclic amines) is 1. The van der Waals surface area contributed by atoms with E-state index in [4.69, 9.17) is 0 Å². The molecule has 5 nitrogen and oxygen atoms in total. The Kier molecular flexibility index (Phi) is 5.26. The molecule has 0 atom stereocenters. The van der Waals surface area contributed by atoms with Gasteiger partial charge in [0.2, 0.25) is 11.8 Å². The summed E-state index contributed by atoms with van der Waals surface area (Å²) in [7, 11) is 0. The van der Waals surface area contributed by atoms with Gasteiger partial charge in [-0.15, -0.1) is 0 Å². The number of rotatable bonds is 3. The number of benzene rings is 1. The number of nitrogens with one attached hydrogen (secondary N) is 1. The van der Waals surface area contributed by atoms with E-state index in [0.29, 0.717) is 26.1 Å². The van der Waals surface area contributed by atoms with Gasteiger partial charge in [-0.25, -0.2) is 0 Å². The molecule has 2 aliphatic rings. The minimum Gasteiger partial charge on any atom is -0.357 e. The van der Waals surface area contributed by atoms with Gasteiger partial charge < -0.3 is 14.8 Å². The zero-order valence-corrected chi connectivity index (χ0v) is 17.3. The third-order valence-corrected chi connectivity index (χ3v) is 6.59. The van der Waals surface area contributed by atoms with Gasteiger partial charge in [-0.2, -0.15) is 0 Å². The van der Waals surface area contributed by atoms with Crippen molar-refractivity contribution >= 4 is 38.6 Å². The number of carbonyl (C=O) groups excluding carboxylic acids is 2. The topological polar surface area (TPSA) is 56.4 Å². The molecule has 144 valence electrons. The van der Waals surface area contributed by atoms with E-state index >= 15 is 0 Å². The Morgan fingerprint density at radius 2 is 1.96 bits per heavy atom. The number of hydrogen-bond donors (Lipinski definition) is 1. The zero-order chi connectivity index (χ0) is 19.0. The van der Waals surface area contributed by atoms with E-state index in [0.717, 1.165) is 42.2 Å². The van der Waals surface area contributed by atoms with Gasteiger partial charge in [0, 0.05) is 66.1 Å². The van der Waals surface area contributed by atoms with E-state index in [1.165, 1.54) is 16.6 Å². The molecule has 0 bridgehead atoms. The Morgan fingerprint density at radius 1 is 1.19 bits per heavy atom. The second kappa shape index (κ2) is 7.66. The van der Waals surface area contributed by atoms with Crippen LogP contribution in [0.5, 0.6) is 0 Å². The number of aromatic amines is 1. The van der Waals surface area contributed by atoms with Gasteiger partial charge in [0.05, 0.1) is 5.52 Å². The van der Waals surface area contributed by atoms with Gasteiger partial charge in [0.1, 0.15) is 0 Å². The molecular formula is C21H26BrN3O2. The highest BCUT2D eigenvalue weighted by Gasteiger charge is 2.32. The lowest BCUT2D eigenvalue weighted by atomic mass is 9.93. The maximum atomic E-state index is 13.1. The molecule has 3 heterocycles. The quantitative estimate of drug-likeness (QED) is 0.801. The van der Waals surface area contributed by atoms with E-state index in [9.17, 15) is 9.59 Å². The summed E-state index contributed by atoms with van der Waals surface area (Å²) in [6.45, 7) is 4.91. The van der Waals surface area contributed by atoms with Gasteiger partial charge in [-0.3, -0.25) is 9.59 Å². The molecule has 27 heavy (non-hydrogen) atoms. The van der Waals surface area contributed by atoms with Crippen LogP contribution in [0.1, 0.15) is 43.9 Å². The second-order valence-electron chi connectivity index (χ2n) is 7.66. The highest BCUT2D eigenvalue weighted by Crippen LogP contribution is 2.33. The van der Waals surface area contributed by atoms with Crippen LogP contribution in [-0.2, 0) is 22.6 Å². The number of carbonyl (C=O) groups is 2. The zero-order valence-electron chi connectivity index (χ0n) is 15.8. The highest BCUT2D eigenvalue weighted by molar-refractivity contribution is 9.10. The number of piperidine rings is 1. The summed E-state index contributed by atoms with van der Waals surface area (Å²) >= 11 is 3.61. The van der Waals surface area contributed by atoms with Crippen LogP contribution in [0.2, 0.25) is 0 Å². The first kappa shape index (κ1) is 18.5. The normalized spacial score (nSPS) is 18.0. The van der Waals surface area contributed by atoms with E-state index in [-0.39, 0.29) is 17.7 Å². The number of fused-ring (bicyclic) bond motifs is 3. The first-order chi connectivity index (χ1) is 13.1. The third-order valence-electron chi connectivity index (χ3n) is 5.93. The van der Waals surface area contributed by atoms with Crippen molar-refractivity contribution in [3.63, 3.8) is 0 Å². The molecule has 2 aromatic rings. The first-order valence-corrected chi connectivity index (χ1v) is 10.7. The molecule has 1 saturated heterocycles. The highest BCUT2D eigenvalue weighted by atomic mass is 79.9. The van der Waals surface area contributed by atoms with Crippen LogP contribution in [0, 0.1) is 5.92 Å². The lowest BCUT2D eigenvalue weighted by molar-refractivity contribution is -0.141. The number of halogens is 1. The minimum absolute atomic E-state index is 0.0502.